The third kappa shape index (κ3) is 4.80. The third-order valence-corrected chi connectivity index (χ3v) is 5.41. The van der Waals surface area contributed by atoms with E-state index in [1.165, 1.54) is 4.90 Å². The zero-order chi connectivity index (χ0) is 24.4. The highest BCUT2D eigenvalue weighted by atomic mass is 16.5. The summed E-state index contributed by atoms with van der Waals surface area (Å²) in [4.78, 5) is 36.9. The Bertz CT molecular complexity index is 1220. The minimum atomic E-state index is -1.82. The summed E-state index contributed by atoms with van der Waals surface area (Å²) in [5, 5.41) is 25.3. The van der Waals surface area contributed by atoms with E-state index < -0.39 is 24.1 Å². The fourth-order valence-electron chi connectivity index (χ4n) is 3.66. The van der Waals surface area contributed by atoms with Crippen molar-refractivity contribution in [2.45, 2.75) is 25.6 Å². The van der Waals surface area contributed by atoms with Gasteiger partial charge in [0, 0.05) is 33.1 Å². The van der Waals surface area contributed by atoms with E-state index in [9.17, 15) is 9.90 Å². The minimum absolute atomic E-state index is 0.104. The largest absolute Gasteiger partial charge is 0.481 e. The number of amides is 1. The molecule has 1 aliphatic rings. The zero-order valence-electron chi connectivity index (χ0n) is 18.6. The van der Waals surface area contributed by atoms with Crippen molar-refractivity contribution in [1.29, 1.82) is 0 Å². The van der Waals surface area contributed by atoms with Gasteiger partial charge in [0.25, 0.3) is 5.91 Å². The number of carbonyl (C=O) groups excluding carboxylic acids is 1. The van der Waals surface area contributed by atoms with Gasteiger partial charge in [-0.25, -0.2) is 14.6 Å². The normalized spacial score (nSPS) is 16.5. The Hall–Kier alpha value is -3.92. The van der Waals surface area contributed by atoms with Crippen LogP contribution >= 0.6 is 0 Å². The van der Waals surface area contributed by atoms with Crippen molar-refractivity contribution in [3.05, 3.63) is 58.9 Å². The lowest BCUT2D eigenvalue weighted by Gasteiger charge is -2.20. The van der Waals surface area contributed by atoms with Gasteiger partial charge in [0.1, 0.15) is 17.1 Å². The first-order valence-electron chi connectivity index (χ1n) is 10.1. The molecule has 0 fully saturated rings. The van der Waals surface area contributed by atoms with Crippen LogP contribution < -0.4 is 4.74 Å². The fourth-order valence-corrected chi connectivity index (χ4v) is 3.66. The van der Waals surface area contributed by atoms with E-state index in [1.807, 2.05) is 48.9 Å². The van der Waals surface area contributed by atoms with Crippen LogP contribution in [0.1, 0.15) is 33.4 Å². The molecule has 0 radical (unpaired) electrons. The minimum Gasteiger partial charge on any atom is -0.481 e. The Morgan fingerprint density at radius 1 is 1.12 bits per heavy atom. The van der Waals surface area contributed by atoms with Gasteiger partial charge in [-0.1, -0.05) is 24.3 Å². The van der Waals surface area contributed by atoms with Crippen LogP contribution in [0.15, 0.2) is 36.4 Å². The van der Waals surface area contributed by atoms with E-state index in [1.54, 1.807) is 20.2 Å². The van der Waals surface area contributed by atoms with E-state index in [-0.39, 0.29) is 5.91 Å². The number of aryl methyl sites for hydroxylation is 2. The molecule has 2 aromatic carbocycles. The number of carbonyl (C=O) groups is 3. The highest BCUT2D eigenvalue weighted by molar-refractivity contribution is 6.27. The molecule has 0 saturated heterocycles. The number of rotatable bonds is 3. The first-order valence-corrected chi connectivity index (χ1v) is 10.1. The summed E-state index contributed by atoms with van der Waals surface area (Å²) in [7, 11) is 5.36. The van der Waals surface area contributed by atoms with E-state index >= 15 is 0 Å². The SMILES string of the molecule is Cc1nc2c(O[C@@H]3c4ccccc4C[C@H]3O)cc(C(=O)N(C)C)cc2n1C.O=C(O)C(=O)O. The lowest BCUT2D eigenvalue weighted by atomic mass is 10.1. The summed E-state index contributed by atoms with van der Waals surface area (Å²) < 4.78 is 8.21. The number of aliphatic hydroxyl groups excluding tert-OH is 1. The van der Waals surface area contributed by atoms with Crippen molar-refractivity contribution in [1.82, 2.24) is 14.5 Å². The molecule has 3 aromatic rings. The van der Waals surface area contributed by atoms with E-state index in [0.717, 1.165) is 22.5 Å². The van der Waals surface area contributed by atoms with E-state index in [0.29, 0.717) is 23.3 Å². The molecular formula is C23H25N3O7. The maximum atomic E-state index is 12.5. The van der Waals surface area contributed by atoms with Gasteiger partial charge in [0.05, 0.1) is 11.6 Å². The van der Waals surface area contributed by atoms with Gasteiger partial charge >= 0.3 is 11.9 Å². The smallest absolute Gasteiger partial charge is 0.414 e. The first-order chi connectivity index (χ1) is 15.5. The summed E-state index contributed by atoms with van der Waals surface area (Å²) in [6.45, 7) is 1.91. The van der Waals surface area contributed by atoms with Crippen molar-refractivity contribution in [2.24, 2.45) is 7.05 Å². The van der Waals surface area contributed by atoms with Crippen molar-refractivity contribution in [3.8, 4) is 5.75 Å². The van der Waals surface area contributed by atoms with Crippen molar-refractivity contribution in [3.63, 3.8) is 0 Å². The number of carboxylic acid groups (broad SMARTS) is 2. The Balaban J connectivity index is 0.000000454. The predicted molar refractivity (Wildman–Crippen MR) is 118 cm³/mol. The number of aliphatic carboxylic acids is 2. The number of benzene rings is 2. The summed E-state index contributed by atoms with van der Waals surface area (Å²) in [6.07, 6.45) is -0.548. The Labute approximate surface area is 189 Å². The second-order valence-corrected chi connectivity index (χ2v) is 7.88. The van der Waals surface area contributed by atoms with Crippen molar-refractivity contribution >= 4 is 28.9 Å². The predicted octanol–water partition coefficient (Wildman–Crippen LogP) is 1.78. The molecule has 10 heteroatoms. The molecule has 4 rings (SSSR count). The Morgan fingerprint density at radius 2 is 1.76 bits per heavy atom. The average Bonchev–Trinajstić information content (AvgIpc) is 3.23. The van der Waals surface area contributed by atoms with Gasteiger partial charge in [0.2, 0.25) is 0 Å². The Morgan fingerprint density at radius 3 is 2.36 bits per heavy atom. The highest BCUT2D eigenvalue weighted by Gasteiger charge is 2.33. The quantitative estimate of drug-likeness (QED) is 0.507. The molecule has 2 atom stereocenters. The number of nitrogens with zero attached hydrogens (tertiary/aromatic N) is 3. The zero-order valence-corrected chi connectivity index (χ0v) is 18.6. The van der Waals surface area contributed by atoms with Gasteiger partial charge in [-0.05, 0) is 30.2 Å². The number of carboxylic acids is 2. The number of fused-ring (bicyclic) bond motifs is 2. The molecule has 33 heavy (non-hydrogen) atoms. The summed E-state index contributed by atoms with van der Waals surface area (Å²) in [6, 6.07) is 11.5. The second-order valence-electron chi connectivity index (χ2n) is 7.88. The number of aliphatic hydroxyl groups is 1. The first kappa shape index (κ1) is 23.7. The average molecular weight is 455 g/mol. The summed E-state index contributed by atoms with van der Waals surface area (Å²) in [5.41, 5.74) is 4.13. The van der Waals surface area contributed by atoms with Crippen LogP contribution in [-0.4, -0.2) is 67.8 Å². The number of ether oxygens (including phenoxy) is 1. The topological polar surface area (TPSA) is 142 Å². The summed E-state index contributed by atoms with van der Waals surface area (Å²) >= 11 is 0. The lowest BCUT2D eigenvalue weighted by molar-refractivity contribution is -0.159. The molecule has 174 valence electrons. The molecule has 3 N–H and O–H groups in total. The fraction of sp³-hybridized carbons (Fsp3) is 0.304. The maximum Gasteiger partial charge on any atom is 0.414 e. The monoisotopic (exact) mass is 455 g/mol. The molecular weight excluding hydrogens is 430 g/mol. The molecule has 0 spiro atoms. The summed E-state index contributed by atoms with van der Waals surface area (Å²) in [5.74, 6) is -2.41. The standard InChI is InChI=1S/C21H23N3O3.C2H2O4/c1-12-22-19-16(24(12)4)9-14(21(26)23(2)3)11-18(19)27-20-15-8-6-5-7-13(15)10-17(20)25;3-1(4)2(5)6/h5-9,11,17,20,25H,10H2,1-4H3;(H,3,4)(H,5,6)/t17-,20-;/m1./s1. The van der Waals surface area contributed by atoms with Crippen LogP contribution in [0.4, 0.5) is 0 Å². The maximum absolute atomic E-state index is 12.5. The Kier molecular flexibility index (Phi) is 6.68. The van der Waals surface area contributed by atoms with Gasteiger partial charge in [-0.2, -0.15) is 0 Å². The molecule has 1 amide bonds. The van der Waals surface area contributed by atoms with Crippen LogP contribution in [0, 0.1) is 6.92 Å². The molecule has 10 nitrogen and oxygen atoms in total. The molecule has 0 unspecified atom stereocenters. The molecule has 1 aliphatic carbocycles. The van der Waals surface area contributed by atoms with Gasteiger partial charge in [-0.15, -0.1) is 0 Å². The van der Waals surface area contributed by atoms with Crippen LogP contribution in [0.25, 0.3) is 11.0 Å². The molecule has 0 bridgehead atoms. The highest BCUT2D eigenvalue weighted by Crippen LogP contribution is 2.38. The number of imidazole rings is 1. The van der Waals surface area contributed by atoms with Gasteiger partial charge in [-0.3, -0.25) is 4.79 Å². The van der Waals surface area contributed by atoms with Crippen molar-refractivity contribution < 1.29 is 34.4 Å². The van der Waals surface area contributed by atoms with Crippen molar-refractivity contribution in [2.75, 3.05) is 14.1 Å². The number of hydrogen-bond donors (Lipinski definition) is 3. The van der Waals surface area contributed by atoms with E-state index in [2.05, 4.69) is 4.98 Å². The molecule has 1 heterocycles. The van der Waals surface area contributed by atoms with Crippen LogP contribution in [-0.2, 0) is 23.1 Å². The van der Waals surface area contributed by atoms with Crippen LogP contribution in [0.2, 0.25) is 0 Å². The van der Waals surface area contributed by atoms with Gasteiger partial charge < -0.3 is 29.5 Å². The van der Waals surface area contributed by atoms with Crippen LogP contribution in [0.3, 0.4) is 0 Å². The lowest BCUT2D eigenvalue weighted by Crippen LogP contribution is -2.22. The molecule has 0 aliphatic heterocycles. The van der Waals surface area contributed by atoms with Crippen LogP contribution in [0.5, 0.6) is 5.75 Å². The number of hydrogen-bond acceptors (Lipinski definition) is 6. The molecule has 0 saturated carbocycles. The van der Waals surface area contributed by atoms with E-state index in [4.69, 9.17) is 24.5 Å². The molecule has 1 aromatic heterocycles. The third-order valence-electron chi connectivity index (χ3n) is 5.41. The second kappa shape index (κ2) is 9.29. The number of aromatic nitrogens is 2. The van der Waals surface area contributed by atoms with Gasteiger partial charge in [0.15, 0.2) is 6.10 Å².